The molecule has 2 fully saturated rings. The molecule has 1 saturated heterocycles. The van der Waals surface area contributed by atoms with Gasteiger partial charge in [0.25, 0.3) is 5.91 Å². The molecule has 10 nitrogen and oxygen atoms in total. The lowest BCUT2D eigenvalue weighted by Gasteiger charge is -2.52. The molecule has 3 heterocycles. The number of halogens is 1. The molecule has 1 amide bonds. The zero-order valence-electron chi connectivity index (χ0n) is 33.8. The number of hydrogen-bond acceptors (Lipinski definition) is 9. The number of rotatable bonds is 7. The van der Waals surface area contributed by atoms with Crippen LogP contribution in [0.1, 0.15) is 87.7 Å². The van der Waals surface area contributed by atoms with Crippen LogP contribution in [0.15, 0.2) is 48.6 Å². The number of sulfonamides is 1. The van der Waals surface area contributed by atoms with Crippen LogP contribution in [-0.2, 0) is 32.5 Å². The molecular formula is C43H63ClN4O6S. The third-order valence-corrected chi connectivity index (χ3v) is 15.0. The predicted octanol–water partition coefficient (Wildman–Crippen LogP) is 6.95. The molecule has 1 saturated carbocycles. The number of amides is 1. The Hall–Kier alpha value is -2.67. The molecule has 2 bridgehead atoms. The van der Waals surface area contributed by atoms with E-state index < -0.39 is 26.8 Å². The average Bonchev–Trinajstić information content (AvgIpc) is 3.15. The summed E-state index contributed by atoms with van der Waals surface area (Å²) in [5.41, 5.74) is 2.81. The third kappa shape index (κ3) is 9.73. The standard InChI is InChI=1S/C43H63ClN4O6S/c1-30(2)48-22-21-46(26-32(48)4)29-43(53-6)19-9-10-31(3)41(18-23-52-5)55(50,51)45-42(49)34-14-17-40-39(25-34)47(27-35-13-16-38(35)43)20-8-7-11-33-24-37(44)15-12-36(33)28-54-40/h9,12,14-15,17,19,24-25,30-32,35,38,41H,7-8,10-11,13,16,18,20-23,26-29H2,1-6H3,(H,45,49)/b19-9+/t31-,32+,35-,38+,41+,43-/m0/s1. The van der Waals surface area contributed by atoms with E-state index in [0.29, 0.717) is 41.8 Å². The van der Waals surface area contributed by atoms with Gasteiger partial charge < -0.3 is 19.1 Å². The summed E-state index contributed by atoms with van der Waals surface area (Å²) >= 11 is 6.43. The molecule has 0 radical (unpaired) electrons. The van der Waals surface area contributed by atoms with Crippen LogP contribution in [0, 0.1) is 17.8 Å². The molecule has 0 spiro atoms. The van der Waals surface area contributed by atoms with Gasteiger partial charge in [-0.2, -0.15) is 0 Å². The van der Waals surface area contributed by atoms with Gasteiger partial charge in [-0.05, 0) is 125 Å². The number of piperazine rings is 1. The first kappa shape index (κ1) is 41.9. The first-order chi connectivity index (χ1) is 26.3. The number of carbonyl (C=O) groups excluding carboxylic acids is 1. The van der Waals surface area contributed by atoms with Gasteiger partial charge in [0, 0.05) is 82.8 Å². The Morgan fingerprint density at radius 2 is 1.84 bits per heavy atom. The first-order valence-corrected chi connectivity index (χ1v) is 22.3. The number of hydrogen-bond donors (Lipinski definition) is 1. The van der Waals surface area contributed by atoms with Gasteiger partial charge in [-0.25, -0.2) is 13.1 Å². The highest BCUT2D eigenvalue weighted by molar-refractivity contribution is 7.90. The monoisotopic (exact) mass is 798 g/mol. The molecule has 55 heavy (non-hydrogen) atoms. The van der Waals surface area contributed by atoms with E-state index in [-0.39, 0.29) is 30.4 Å². The second-order valence-corrected chi connectivity index (χ2v) is 19.1. The van der Waals surface area contributed by atoms with Crippen molar-refractivity contribution >= 4 is 33.2 Å². The van der Waals surface area contributed by atoms with E-state index in [1.165, 1.54) is 5.56 Å². The van der Waals surface area contributed by atoms with Crippen LogP contribution in [0.2, 0.25) is 5.02 Å². The molecule has 3 aliphatic heterocycles. The van der Waals surface area contributed by atoms with Crippen molar-refractivity contribution in [3.8, 4) is 5.75 Å². The molecule has 0 aromatic heterocycles. The molecule has 1 aliphatic carbocycles. The number of benzene rings is 2. The second-order valence-electron chi connectivity index (χ2n) is 16.7. The van der Waals surface area contributed by atoms with Gasteiger partial charge >= 0.3 is 0 Å². The molecule has 12 heteroatoms. The van der Waals surface area contributed by atoms with Crippen LogP contribution in [0.3, 0.4) is 0 Å². The fourth-order valence-corrected chi connectivity index (χ4v) is 11.4. The molecule has 2 aromatic carbocycles. The number of anilines is 1. The van der Waals surface area contributed by atoms with Crippen LogP contribution in [0.25, 0.3) is 0 Å². The van der Waals surface area contributed by atoms with Gasteiger partial charge in [0.15, 0.2) is 0 Å². The summed E-state index contributed by atoms with van der Waals surface area (Å²) in [6.45, 7) is 14.7. The Bertz CT molecular complexity index is 1770. The van der Waals surface area contributed by atoms with Crippen LogP contribution in [0.4, 0.5) is 5.69 Å². The lowest BCUT2D eigenvalue weighted by Crippen LogP contribution is -2.60. The summed E-state index contributed by atoms with van der Waals surface area (Å²) in [5, 5.41) is -0.118. The van der Waals surface area contributed by atoms with Gasteiger partial charge in [-0.15, -0.1) is 0 Å². The van der Waals surface area contributed by atoms with Crippen molar-refractivity contribution in [2.45, 2.75) is 102 Å². The number of fused-ring (bicyclic) bond motifs is 3. The Kier molecular flexibility index (Phi) is 13.9. The van der Waals surface area contributed by atoms with Crippen molar-refractivity contribution in [1.82, 2.24) is 14.5 Å². The SMILES string of the molecule is COCC[C@@H]1[C@@H](C)C/C=C/[C@@](CN2CCN(C(C)C)[C@H](C)C2)(OC)[C@@H]2CC[C@H]2CN2CCCCc3cc(Cl)ccc3COc3ccc(cc32)C(=O)NS1(=O)=O. The Morgan fingerprint density at radius 3 is 2.55 bits per heavy atom. The maximum Gasteiger partial charge on any atom is 0.264 e. The molecule has 4 aliphatic rings. The Morgan fingerprint density at radius 1 is 1.02 bits per heavy atom. The van der Waals surface area contributed by atoms with E-state index >= 15 is 0 Å². The van der Waals surface area contributed by atoms with Crippen molar-refractivity contribution in [3.63, 3.8) is 0 Å². The Balaban J connectivity index is 1.40. The van der Waals surface area contributed by atoms with Gasteiger partial charge in [-0.3, -0.25) is 14.6 Å². The van der Waals surface area contributed by atoms with Crippen LogP contribution in [0.5, 0.6) is 5.75 Å². The van der Waals surface area contributed by atoms with E-state index in [1.807, 2.05) is 44.4 Å². The second kappa shape index (κ2) is 18.3. The van der Waals surface area contributed by atoms with Gasteiger partial charge in [0.05, 0.1) is 10.9 Å². The molecule has 6 rings (SSSR count). The van der Waals surface area contributed by atoms with Crippen molar-refractivity contribution in [3.05, 3.63) is 70.3 Å². The number of methoxy groups -OCH3 is 2. The van der Waals surface area contributed by atoms with Crippen molar-refractivity contribution < 1.29 is 27.4 Å². The zero-order chi connectivity index (χ0) is 39.3. The van der Waals surface area contributed by atoms with Crippen molar-refractivity contribution in [2.24, 2.45) is 17.8 Å². The van der Waals surface area contributed by atoms with Crippen molar-refractivity contribution in [2.75, 3.05) is 65.0 Å². The van der Waals surface area contributed by atoms with Crippen LogP contribution < -0.4 is 14.4 Å². The normalized spacial score (nSPS) is 30.2. The summed E-state index contributed by atoms with van der Waals surface area (Å²) in [7, 11) is -0.647. The minimum atomic E-state index is -4.07. The minimum Gasteiger partial charge on any atom is -0.487 e. The third-order valence-electron chi connectivity index (χ3n) is 12.8. The summed E-state index contributed by atoms with van der Waals surface area (Å²) in [5.74, 6) is 0.344. The van der Waals surface area contributed by atoms with Crippen LogP contribution >= 0.6 is 11.6 Å². The molecule has 0 unspecified atom stereocenters. The van der Waals surface area contributed by atoms with Gasteiger partial charge in [0.2, 0.25) is 10.0 Å². The first-order valence-electron chi connectivity index (χ1n) is 20.4. The maximum atomic E-state index is 14.0. The maximum absolute atomic E-state index is 14.0. The quantitative estimate of drug-likeness (QED) is 0.299. The zero-order valence-corrected chi connectivity index (χ0v) is 35.3. The smallest absolute Gasteiger partial charge is 0.264 e. The summed E-state index contributed by atoms with van der Waals surface area (Å²) in [6.07, 6.45) is 10.1. The molecular weight excluding hydrogens is 736 g/mol. The number of nitrogens with zero attached hydrogens (tertiary/aromatic N) is 3. The Labute approximate surface area is 334 Å². The van der Waals surface area contributed by atoms with E-state index in [0.717, 1.165) is 82.6 Å². The van der Waals surface area contributed by atoms with Crippen LogP contribution in [-0.4, -0.2) is 107 Å². The summed E-state index contributed by atoms with van der Waals surface area (Å²) < 4.78 is 49.2. The fourth-order valence-electron chi connectivity index (χ4n) is 9.56. The highest BCUT2D eigenvalue weighted by Gasteiger charge is 2.48. The van der Waals surface area contributed by atoms with E-state index in [1.54, 1.807) is 13.2 Å². The predicted molar refractivity (Wildman–Crippen MR) is 221 cm³/mol. The molecule has 1 N–H and O–H groups in total. The van der Waals surface area contributed by atoms with Gasteiger partial charge in [0.1, 0.15) is 18.0 Å². The highest BCUT2D eigenvalue weighted by Crippen LogP contribution is 2.47. The number of aryl methyl sites for hydroxylation is 1. The van der Waals surface area contributed by atoms with Gasteiger partial charge in [-0.1, -0.05) is 36.7 Å². The number of allylic oxidation sites excluding steroid dienone is 1. The average molecular weight is 800 g/mol. The fraction of sp³-hybridized carbons (Fsp3) is 0.651. The molecule has 304 valence electrons. The molecule has 2 aromatic rings. The number of ether oxygens (including phenoxy) is 3. The summed E-state index contributed by atoms with van der Waals surface area (Å²) in [6, 6.07) is 12.2. The lowest BCUT2D eigenvalue weighted by molar-refractivity contribution is -0.0992. The highest BCUT2D eigenvalue weighted by atomic mass is 35.5. The lowest BCUT2D eigenvalue weighted by atomic mass is 9.63. The summed E-state index contributed by atoms with van der Waals surface area (Å²) in [4.78, 5) is 21.4. The largest absolute Gasteiger partial charge is 0.487 e. The van der Waals surface area contributed by atoms with E-state index in [9.17, 15) is 13.2 Å². The number of carbonyl (C=O) groups is 1. The van der Waals surface area contributed by atoms with E-state index in [2.05, 4.69) is 52.3 Å². The number of nitrogens with one attached hydrogen (secondary N) is 1. The topological polar surface area (TPSA) is 101 Å². The van der Waals surface area contributed by atoms with Crippen molar-refractivity contribution in [1.29, 1.82) is 0 Å². The minimum absolute atomic E-state index is 0.254. The molecule has 6 atom stereocenters. The van der Waals surface area contributed by atoms with E-state index in [4.69, 9.17) is 25.8 Å².